The summed E-state index contributed by atoms with van der Waals surface area (Å²) >= 11 is 0. The second kappa shape index (κ2) is 6.62. The van der Waals surface area contributed by atoms with Gasteiger partial charge in [-0.15, -0.1) is 0 Å². The van der Waals surface area contributed by atoms with Crippen molar-refractivity contribution in [2.24, 2.45) is 0 Å². The van der Waals surface area contributed by atoms with Gasteiger partial charge < -0.3 is 13.9 Å². The average Bonchev–Trinajstić information content (AvgIpc) is 2.67. The lowest BCUT2D eigenvalue weighted by atomic mass is 10.2. The van der Waals surface area contributed by atoms with E-state index in [4.69, 9.17) is 13.9 Å². The van der Waals surface area contributed by atoms with Crippen LogP contribution in [-0.4, -0.2) is 19.5 Å². The second-order valence-corrected chi connectivity index (χ2v) is 2.96. The van der Waals surface area contributed by atoms with Crippen LogP contribution in [0.3, 0.4) is 0 Å². The molecule has 0 fully saturated rings. The predicted molar refractivity (Wildman–Crippen MR) is 54.1 cm³/mol. The molecule has 80 valence electrons. The monoisotopic (exact) mass is 198 g/mol. The van der Waals surface area contributed by atoms with E-state index in [0.29, 0.717) is 13.2 Å². The molecule has 3 heteroatoms. The first-order chi connectivity index (χ1) is 6.86. The molecule has 1 aromatic rings. The van der Waals surface area contributed by atoms with Gasteiger partial charge in [0.2, 0.25) is 0 Å². The van der Waals surface area contributed by atoms with Crippen molar-refractivity contribution in [3.05, 3.63) is 24.2 Å². The van der Waals surface area contributed by atoms with E-state index in [-0.39, 0.29) is 6.29 Å². The summed E-state index contributed by atoms with van der Waals surface area (Å²) in [5.41, 5.74) is 0. The number of aryl methyl sites for hydroxylation is 1. The quantitative estimate of drug-likeness (QED) is 0.631. The standard InChI is InChI=1S/C11H18O3/c1-3-12-11(13-4-2)8-7-10-6-5-9-14-10/h5-6,9,11H,3-4,7-8H2,1-2H3. The number of ether oxygens (including phenoxy) is 2. The molecule has 0 radical (unpaired) electrons. The highest BCUT2D eigenvalue weighted by Crippen LogP contribution is 2.09. The minimum Gasteiger partial charge on any atom is -0.469 e. The molecule has 0 saturated carbocycles. The molecule has 0 aliphatic carbocycles. The molecule has 1 aromatic heterocycles. The third-order valence-corrected chi connectivity index (χ3v) is 1.91. The van der Waals surface area contributed by atoms with Crippen molar-refractivity contribution in [3.8, 4) is 0 Å². The SMILES string of the molecule is CCOC(CCc1ccco1)OCC. The number of hydrogen-bond donors (Lipinski definition) is 0. The molecule has 0 atom stereocenters. The Bertz CT molecular complexity index is 212. The number of furan rings is 1. The maximum atomic E-state index is 5.42. The smallest absolute Gasteiger partial charge is 0.157 e. The van der Waals surface area contributed by atoms with E-state index in [0.717, 1.165) is 18.6 Å². The van der Waals surface area contributed by atoms with Crippen molar-refractivity contribution < 1.29 is 13.9 Å². The summed E-state index contributed by atoms with van der Waals surface area (Å²) in [5, 5.41) is 0. The van der Waals surface area contributed by atoms with Gasteiger partial charge in [0.05, 0.1) is 6.26 Å². The van der Waals surface area contributed by atoms with Gasteiger partial charge in [-0.25, -0.2) is 0 Å². The first-order valence-corrected chi connectivity index (χ1v) is 5.12. The van der Waals surface area contributed by atoms with Gasteiger partial charge in [0.25, 0.3) is 0 Å². The summed E-state index contributed by atoms with van der Waals surface area (Å²) < 4.78 is 16.1. The normalized spacial score (nSPS) is 11.1. The third kappa shape index (κ3) is 3.94. The van der Waals surface area contributed by atoms with E-state index in [9.17, 15) is 0 Å². The highest BCUT2D eigenvalue weighted by Gasteiger charge is 2.08. The maximum absolute atomic E-state index is 5.42. The second-order valence-electron chi connectivity index (χ2n) is 2.96. The summed E-state index contributed by atoms with van der Waals surface area (Å²) in [6, 6.07) is 3.86. The van der Waals surface area contributed by atoms with Crippen molar-refractivity contribution in [1.29, 1.82) is 0 Å². The van der Waals surface area contributed by atoms with Crippen LogP contribution in [-0.2, 0) is 15.9 Å². The Morgan fingerprint density at radius 3 is 2.50 bits per heavy atom. The van der Waals surface area contributed by atoms with E-state index < -0.39 is 0 Å². The van der Waals surface area contributed by atoms with Crippen molar-refractivity contribution in [3.63, 3.8) is 0 Å². The van der Waals surface area contributed by atoms with Gasteiger partial charge in [-0.1, -0.05) is 0 Å². The van der Waals surface area contributed by atoms with Crippen LogP contribution in [0.4, 0.5) is 0 Å². The number of hydrogen-bond acceptors (Lipinski definition) is 3. The fourth-order valence-electron chi connectivity index (χ4n) is 1.30. The summed E-state index contributed by atoms with van der Waals surface area (Å²) in [6.07, 6.45) is 3.29. The van der Waals surface area contributed by atoms with Gasteiger partial charge in [-0.3, -0.25) is 0 Å². The molecule has 0 aliphatic heterocycles. The van der Waals surface area contributed by atoms with Gasteiger partial charge in [-0.2, -0.15) is 0 Å². The first-order valence-electron chi connectivity index (χ1n) is 5.12. The molecule has 0 N–H and O–H groups in total. The van der Waals surface area contributed by atoms with Gasteiger partial charge in [0.1, 0.15) is 5.76 Å². The van der Waals surface area contributed by atoms with Crippen LogP contribution < -0.4 is 0 Å². The van der Waals surface area contributed by atoms with E-state index in [1.54, 1.807) is 6.26 Å². The zero-order valence-corrected chi connectivity index (χ0v) is 8.86. The minimum absolute atomic E-state index is 0.102. The van der Waals surface area contributed by atoms with E-state index in [2.05, 4.69) is 0 Å². The lowest BCUT2D eigenvalue weighted by molar-refractivity contribution is -0.139. The zero-order chi connectivity index (χ0) is 10.2. The van der Waals surface area contributed by atoms with Gasteiger partial charge in [-0.05, 0) is 26.0 Å². The first kappa shape index (κ1) is 11.3. The van der Waals surface area contributed by atoms with E-state index in [1.165, 1.54) is 0 Å². The maximum Gasteiger partial charge on any atom is 0.157 e. The Balaban J connectivity index is 2.25. The fourth-order valence-corrected chi connectivity index (χ4v) is 1.30. The molecule has 0 spiro atoms. The molecule has 0 aromatic carbocycles. The molecule has 0 bridgehead atoms. The largest absolute Gasteiger partial charge is 0.469 e. The Labute approximate surface area is 85.0 Å². The Morgan fingerprint density at radius 1 is 1.29 bits per heavy atom. The van der Waals surface area contributed by atoms with Crippen LogP contribution in [0.5, 0.6) is 0 Å². The van der Waals surface area contributed by atoms with Crippen LogP contribution in [0.25, 0.3) is 0 Å². The highest BCUT2D eigenvalue weighted by molar-refractivity contribution is 4.97. The summed E-state index contributed by atoms with van der Waals surface area (Å²) in [5.74, 6) is 0.981. The minimum atomic E-state index is -0.102. The van der Waals surface area contributed by atoms with Gasteiger partial charge in [0, 0.05) is 26.1 Å². The molecule has 1 rings (SSSR count). The third-order valence-electron chi connectivity index (χ3n) is 1.91. The molecule has 0 amide bonds. The van der Waals surface area contributed by atoms with Crippen LogP contribution in [0.2, 0.25) is 0 Å². The Kier molecular flexibility index (Phi) is 5.33. The molecular weight excluding hydrogens is 180 g/mol. The van der Waals surface area contributed by atoms with Crippen molar-refractivity contribution >= 4 is 0 Å². The van der Waals surface area contributed by atoms with Crippen molar-refractivity contribution in [1.82, 2.24) is 0 Å². The molecular formula is C11H18O3. The van der Waals surface area contributed by atoms with E-state index >= 15 is 0 Å². The van der Waals surface area contributed by atoms with Gasteiger partial charge >= 0.3 is 0 Å². The fraction of sp³-hybridized carbons (Fsp3) is 0.636. The van der Waals surface area contributed by atoms with E-state index in [1.807, 2.05) is 26.0 Å². The highest BCUT2D eigenvalue weighted by atomic mass is 16.7. The Morgan fingerprint density at radius 2 is 2.00 bits per heavy atom. The molecule has 1 heterocycles. The van der Waals surface area contributed by atoms with Crippen LogP contribution in [0.1, 0.15) is 26.0 Å². The summed E-state index contributed by atoms with van der Waals surface area (Å²) in [4.78, 5) is 0. The lowest BCUT2D eigenvalue weighted by Crippen LogP contribution is -2.17. The van der Waals surface area contributed by atoms with Crippen molar-refractivity contribution in [2.75, 3.05) is 13.2 Å². The summed E-state index contributed by atoms with van der Waals surface area (Å²) in [7, 11) is 0. The molecule has 0 unspecified atom stereocenters. The molecule has 0 aliphatic rings. The van der Waals surface area contributed by atoms with Crippen molar-refractivity contribution in [2.45, 2.75) is 33.0 Å². The summed E-state index contributed by atoms with van der Waals surface area (Å²) in [6.45, 7) is 5.31. The number of rotatable bonds is 7. The van der Waals surface area contributed by atoms with Gasteiger partial charge in [0.15, 0.2) is 6.29 Å². The molecule has 0 saturated heterocycles. The molecule has 14 heavy (non-hydrogen) atoms. The van der Waals surface area contributed by atoms with Crippen LogP contribution >= 0.6 is 0 Å². The Hall–Kier alpha value is -0.800. The topological polar surface area (TPSA) is 31.6 Å². The van der Waals surface area contributed by atoms with Crippen LogP contribution in [0.15, 0.2) is 22.8 Å². The predicted octanol–water partition coefficient (Wildman–Crippen LogP) is 2.61. The van der Waals surface area contributed by atoms with Crippen LogP contribution in [0, 0.1) is 0 Å². The zero-order valence-electron chi connectivity index (χ0n) is 8.86. The lowest BCUT2D eigenvalue weighted by Gasteiger charge is -2.15. The average molecular weight is 198 g/mol. The molecule has 3 nitrogen and oxygen atoms in total.